The maximum absolute atomic E-state index is 12.8. The Kier molecular flexibility index (Phi) is 4.24. The number of nitrogens with zero attached hydrogens (tertiary/aromatic N) is 1. The molecular formula is C20H21N3O3. The zero-order valence-electron chi connectivity index (χ0n) is 14.7. The summed E-state index contributed by atoms with van der Waals surface area (Å²) in [5.74, 6) is 1.94. The molecule has 1 amide bonds. The number of ether oxygens (including phenoxy) is 2. The van der Waals surface area contributed by atoms with Crippen molar-refractivity contribution in [3.05, 3.63) is 54.4 Å². The van der Waals surface area contributed by atoms with E-state index in [-0.39, 0.29) is 24.5 Å². The van der Waals surface area contributed by atoms with Crippen molar-refractivity contribution in [3.8, 4) is 11.5 Å². The lowest BCUT2D eigenvalue weighted by Gasteiger charge is -2.28. The number of carbonyl (C=O) groups is 1. The molecule has 6 nitrogen and oxygen atoms in total. The highest BCUT2D eigenvalue weighted by Gasteiger charge is 2.31. The van der Waals surface area contributed by atoms with E-state index in [0.29, 0.717) is 11.5 Å². The first-order chi connectivity index (χ1) is 12.6. The number of hydrogen-bond donors (Lipinski definition) is 2. The van der Waals surface area contributed by atoms with Gasteiger partial charge in [0.05, 0.1) is 17.1 Å². The molecule has 4 rings (SSSR count). The second-order valence-corrected chi connectivity index (χ2v) is 6.73. The summed E-state index contributed by atoms with van der Waals surface area (Å²) in [7, 11) is 0. The molecule has 2 heterocycles. The molecule has 134 valence electrons. The standard InChI is InChI=1S/C20H21N3O3/c1-12(2)18(19-21-13-7-3-4-8-14(13)22-19)23-20(24)17-11-25-15-9-5-6-10-16(15)26-17/h3-10,12,17-18H,11H2,1-2H3,(H,21,22)(H,23,24)/t17-,18+/m1/s1. The van der Waals surface area contributed by atoms with Crippen LogP contribution >= 0.6 is 0 Å². The highest BCUT2D eigenvalue weighted by molar-refractivity contribution is 5.82. The third kappa shape index (κ3) is 3.10. The summed E-state index contributed by atoms with van der Waals surface area (Å²) in [4.78, 5) is 20.7. The van der Waals surface area contributed by atoms with Gasteiger partial charge in [0.2, 0.25) is 6.10 Å². The van der Waals surface area contributed by atoms with Crippen molar-refractivity contribution in [1.82, 2.24) is 15.3 Å². The maximum Gasteiger partial charge on any atom is 0.265 e. The van der Waals surface area contributed by atoms with Crippen molar-refractivity contribution in [3.63, 3.8) is 0 Å². The molecule has 0 spiro atoms. The summed E-state index contributed by atoms with van der Waals surface area (Å²) < 4.78 is 11.4. The SMILES string of the molecule is CC(C)[C@H](NC(=O)[C@H]1COc2ccccc2O1)c1nc2ccccc2[nH]1. The molecule has 6 heteroatoms. The van der Waals surface area contributed by atoms with Crippen LogP contribution in [-0.4, -0.2) is 28.6 Å². The molecule has 0 saturated carbocycles. The van der Waals surface area contributed by atoms with E-state index in [1.54, 1.807) is 6.07 Å². The van der Waals surface area contributed by atoms with Crippen LogP contribution in [0.5, 0.6) is 11.5 Å². The largest absolute Gasteiger partial charge is 0.485 e. The van der Waals surface area contributed by atoms with Crippen molar-refractivity contribution in [2.45, 2.75) is 26.0 Å². The summed E-state index contributed by atoms with van der Waals surface area (Å²) >= 11 is 0. The Balaban J connectivity index is 1.52. The van der Waals surface area contributed by atoms with Crippen molar-refractivity contribution in [2.24, 2.45) is 5.92 Å². The molecule has 1 aliphatic rings. The van der Waals surface area contributed by atoms with E-state index in [1.165, 1.54) is 0 Å². The minimum absolute atomic E-state index is 0.163. The Morgan fingerprint density at radius 3 is 2.65 bits per heavy atom. The van der Waals surface area contributed by atoms with E-state index in [4.69, 9.17) is 9.47 Å². The highest BCUT2D eigenvalue weighted by atomic mass is 16.6. The molecule has 0 aliphatic carbocycles. The van der Waals surface area contributed by atoms with E-state index in [2.05, 4.69) is 15.3 Å². The molecule has 0 saturated heterocycles. The van der Waals surface area contributed by atoms with Gasteiger partial charge in [-0.25, -0.2) is 4.98 Å². The Labute approximate surface area is 151 Å². The fourth-order valence-corrected chi connectivity index (χ4v) is 3.07. The third-order valence-corrected chi connectivity index (χ3v) is 4.47. The van der Waals surface area contributed by atoms with Gasteiger partial charge in [-0.2, -0.15) is 0 Å². The number of carbonyl (C=O) groups excluding carboxylic acids is 1. The number of rotatable bonds is 4. The monoisotopic (exact) mass is 351 g/mol. The Morgan fingerprint density at radius 1 is 1.15 bits per heavy atom. The normalized spacial score (nSPS) is 17.3. The van der Waals surface area contributed by atoms with Crippen molar-refractivity contribution in [2.75, 3.05) is 6.61 Å². The molecule has 0 fully saturated rings. The smallest absolute Gasteiger partial charge is 0.265 e. The first kappa shape index (κ1) is 16.4. The predicted molar refractivity (Wildman–Crippen MR) is 98.2 cm³/mol. The lowest BCUT2D eigenvalue weighted by molar-refractivity contribution is -0.131. The molecule has 1 aliphatic heterocycles. The van der Waals surface area contributed by atoms with Gasteiger partial charge in [0, 0.05) is 0 Å². The second kappa shape index (κ2) is 6.71. The number of para-hydroxylation sites is 4. The van der Waals surface area contributed by atoms with E-state index >= 15 is 0 Å². The summed E-state index contributed by atoms with van der Waals surface area (Å²) in [6.45, 7) is 4.28. The molecule has 1 aromatic heterocycles. The zero-order valence-corrected chi connectivity index (χ0v) is 14.7. The van der Waals surface area contributed by atoms with Crippen LogP contribution in [0.15, 0.2) is 48.5 Å². The van der Waals surface area contributed by atoms with E-state index in [0.717, 1.165) is 16.9 Å². The summed E-state index contributed by atoms with van der Waals surface area (Å²) in [5.41, 5.74) is 1.84. The molecule has 0 bridgehead atoms. The van der Waals surface area contributed by atoms with Gasteiger partial charge in [0.25, 0.3) is 5.91 Å². The Hall–Kier alpha value is -3.02. The van der Waals surface area contributed by atoms with Gasteiger partial charge in [-0.3, -0.25) is 4.79 Å². The fraction of sp³-hybridized carbons (Fsp3) is 0.300. The molecular weight excluding hydrogens is 330 g/mol. The average Bonchev–Trinajstić information content (AvgIpc) is 3.09. The number of benzene rings is 2. The summed E-state index contributed by atoms with van der Waals surface area (Å²) in [6, 6.07) is 14.9. The fourth-order valence-electron chi connectivity index (χ4n) is 3.07. The van der Waals surface area contributed by atoms with Crippen LogP contribution < -0.4 is 14.8 Å². The molecule has 2 aromatic carbocycles. The Morgan fingerprint density at radius 2 is 1.88 bits per heavy atom. The molecule has 2 atom stereocenters. The molecule has 0 unspecified atom stereocenters. The van der Waals surface area contributed by atoms with Crippen LogP contribution in [0.3, 0.4) is 0 Å². The third-order valence-electron chi connectivity index (χ3n) is 4.47. The topological polar surface area (TPSA) is 76.2 Å². The van der Waals surface area contributed by atoms with Gasteiger partial charge in [-0.05, 0) is 30.2 Å². The van der Waals surface area contributed by atoms with Crippen LogP contribution in [0.1, 0.15) is 25.7 Å². The van der Waals surface area contributed by atoms with Crippen LogP contribution in [0.4, 0.5) is 0 Å². The number of H-pyrrole nitrogens is 1. The zero-order chi connectivity index (χ0) is 18.1. The lowest BCUT2D eigenvalue weighted by atomic mass is 10.0. The number of aromatic nitrogens is 2. The molecule has 26 heavy (non-hydrogen) atoms. The van der Waals surface area contributed by atoms with Crippen molar-refractivity contribution >= 4 is 16.9 Å². The van der Waals surface area contributed by atoms with Crippen LogP contribution in [0.2, 0.25) is 0 Å². The van der Waals surface area contributed by atoms with Crippen LogP contribution in [0.25, 0.3) is 11.0 Å². The summed E-state index contributed by atoms with van der Waals surface area (Å²) in [6.07, 6.45) is -0.685. The van der Waals surface area contributed by atoms with Crippen LogP contribution in [-0.2, 0) is 4.79 Å². The van der Waals surface area contributed by atoms with Gasteiger partial charge in [0.1, 0.15) is 12.4 Å². The minimum atomic E-state index is -0.685. The highest BCUT2D eigenvalue weighted by Crippen LogP contribution is 2.31. The molecule has 2 N–H and O–H groups in total. The van der Waals surface area contributed by atoms with Gasteiger partial charge in [-0.1, -0.05) is 38.1 Å². The number of aromatic amines is 1. The van der Waals surface area contributed by atoms with Crippen molar-refractivity contribution in [1.29, 1.82) is 0 Å². The van der Waals surface area contributed by atoms with E-state index < -0.39 is 6.10 Å². The van der Waals surface area contributed by atoms with Gasteiger partial charge in [0.15, 0.2) is 11.5 Å². The van der Waals surface area contributed by atoms with Crippen molar-refractivity contribution < 1.29 is 14.3 Å². The maximum atomic E-state index is 12.8. The number of imidazole rings is 1. The van der Waals surface area contributed by atoms with Crippen LogP contribution in [0, 0.1) is 5.92 Å². The molecule has 3 aromatic rings. The number of amides is 1. The number of hydrogen-bond acceptors (Lipinski definition) is 4. The number of nitrogens with one attached hydrogen (secondary N) is 2. The average molecular weight is 351 g/mol. The predicted octanol–water partition coefficient (Wildman–Crippen LogP) is 3.22. The quantitative estimate of drug-likeness (QED) is 0.757. The summed E-state index contributed by atoms with van der Waals surface area (Å²) in [5, 5.41) is 3.06. The lowest BCUT2D eigenvalue weighted by Crippen LogP contribution is -2.46. The first-order valence-corrected chi connectivity index (χ1v) is 8.75. The van der Waals surface area contributed by atoms with Gasteiger partial charge >= 0.3 is 0 Å². The van der Waals surface area contributed by atoms with Gasteiger partial charge < -0.3 is 19.8 Å². The first-order valence-electron chi connectivity index (χ1n) is 8.75. The molecule has 0 radical (unpaired) electrons. The minimum Gasteiger partial charge on any atom is -0.485 e. The van der Waals surface area contributed by atoms with E-state index in [9.17, 15) is 4.79 Å². The van der Waals surface area contributed by atoms with E-state index in [1.807, 2.05) is 56.3 Å². The Bertz CT molecular complexity index is 902. The number of fused-ring (bicyclic) bond motifs is 2. The second-order valence-electron chi connectivity index (χ2n) is 6.73. The van der Waals surface area contributed by atoms with Gasteiger partial charge in [-0.15, -0.1) is 0 Å².